The number of hydrazone groups is 1. The molecule has 0 aliphatic carbocycles. The first-order chi connectivity index (χ1) is 8.61. The maximum absolute atomic E-state index is 11.5. The van der Waals surface area contributed by atoms with Crippen molar-refractivity contribution < 1.29 is 14.5 Å². The maximum Gasteiger partial charge on any atom is 0.287 e. The molecule has 0 radical (unpaired) electrons. The summed E-state index contributed by atoms with van der Waals surface area (Å²) in [5.74, 6) is -0.226. The molecule has 0 fully saturated rings. The van der Waals surface area contributed by atoms with Crippen LogP contribution in [0.1, 0.15) is 12.6 Å². The molecule has 0 saturated carbocycles. The number of carbonyl (C=O) groups is 1. The molecule has 8 heteroatoms. The molecule has 2 rings (SSSR count). The summed E-state index contributed by atoms with van der Waals surface area (Å²) in [4.78, 5) is 24.2. The van der Waals surface area contributed by atoms with Gasteiger partial charge in [0.15, 0.2) is 0 Å². The molecule has 8 nitrogen and oxygen atoms in total. The number of carbonyl (C=O) groups excluding carboxylic acids is 1. The van der Waals surface area contributed by atoms with E-state index in [0.717, 1.165) is 0 Å². The molecule has 0 spiro atoms. The van der Waals surface area contributed by atoms with E-state index in [1.165, 1.54) is 18.3 Å². The molecule has 1 aromatic heterocycles. The fraction of sp³-hybridized carbons (Fsp3) is 0.200. The number of nitrogens with one attached hydrogen (secondary N) is 2. The Morgan fingerprint density at radius 1 is 1.61 bits per heavy atom. The van der Waals surface area contributed by atoms with Crippen LogP contribution in [0.2, 0.25) is 0 Å². The van der Waals surface area contributed by atoms with Gasteiger partial charge in [0.1, 0.15) is 5.57 Å². The minimum atomic E-state index is -0.523. The topological polar surface area (TPSA) is 110 Å². The van der Waals surface area contributed by atoms with E-state index in [1.807, 2.05) is 0 Å². The predicted octanol–water partition coefficient (Wildman–Crippen LogP) is 0.786. The number of H-pyrrole nitrogens is 1. The van der Waals surface area contributed by atoms with Crippen LogP contribution in [0.25, 0.3) is 6.08 Å². The lowest BCUT2D eigenvalue weighted by molar-refractivity contribution is -0.384. The van der Waals surface area contributed by atoms with Gasteiger partial charge in [-0.1, -0.05) is 0 Å². The van der Waals surface area contributed by atoms with E-state index in [-0.39, 0.29) is 17.2 Å². The Labute approximate surface area is 101 Å². The van der Waals surface area contributed by atoms with Gasteiger partial charge in [-0.3, -0.25) is 14.9 Å². The van der Waals surface area contributed by atoms with Gasteiger partial charge in [0.25, 0.3) is 11.6 Å². The van der Waals surface area contributed by atoms with Crippen LogP contribution in [0, 0.1) is 10.1 Å². The molecule has 0 aromatic carbocycles. The Bertz CT molecular complexity index is 558. The molecule has 94 valence electrons. The molecular weight excluding hydrogens is 240 g/mol. The molecule has 0 unspecified atom stereocenters. The zero-order valence-corrected chi connectivity index (χ0v) is 9.47. The highest BCUT2D eigenvalue weighted by atomic mass is 16.6. The quantitative estimate of drug-likeness (QED) is 0.469. The molecule has 2 N–H and O–H groups in total. The van der Waals surface area contributed by atoms with E-state index in [1.54, 1.807) is 6.92 Å². The first-order valence-corrected chi connectivity index (χ1v) is 5.17. The van der Waals surface area contributed by atoms with Crippen LogP contribution < -0.4 is 5.43 Å². The minimum Gasteiger partial charge on any atom is -0.476 e. The first kappa shape index (κ1) is 11.8. The molecule has 2 heterocycles. The minimum absolute atomic E-state index is 0.0739. The van der Waals surface area contributed by atoms with Crippen LogP contribution in [0.4, 0.5) is 5.69 Å². The summed E-state index contributed by atoms with van der Waals surface area (Å²) >= 11 is 0. The Morgan fingerprint density at radius 2 is 2.39 bits per heavy atom. The van der Waals surface area contributed by atoms with E-state index in [9.17, 15) is 14.9 Å². The van der Waals surface area contributed by atoms with Crippen molar-refractivity contribution in [3.05, 3.63) is 33.6 Å². The number of ether oxygens (including phenoxy) is 1. The van der Waals surface area contributed by atoms with Crippen molar-refractivity contribution in [1.82, 2.24) is 10.4 Å². The Hall–Kier alpha value is -2.64. The highest BCUT2D eigenvalue weighted by molar-refractivity contribution is 6.24. The summed E-state index contributed by atoms with van der Waals surface area (Å²) in [5, 5.41) is 14.2. The lowest BCUT2D eigenvalue weighted by atomic mass is 10.2. The van der Waals surface area contributed by atoms with Gasteiger partial charge in [-0.2, -0.15) is 0 Å². The molecule has 1 aliphatic heterocycles. The van der Waals surface area contributed by atoms with Crippen molar-refractivity contribution in [3.8, 4) is 0 Å². The lowest BCUT2D eigenvalue weighted by Crippen LogP contribution is -2.14. The van der Waals surface area contributed by atoms with Gasteiger partial charge in [0.05, 0.1) is 17.7 Å². The number of aromatic amines is 1. The van der Waals surface area contributed by atoms with Gasteiger partial charge < -0.3 is 9.72 Å². The third-order valence-electron chi connectivity index (χ3n) is 2.22. The second-order valence-corrected chi connectivity index (χ2v) is 3.42. The highest BCUT2D eigenvalue weighted by Crippen LogP contribution is 2.17. The number of hydrogen-bond acceptors (Lipinski definition) is 5. The molecule has 1 aliphatic rings. The molecule has 1 aromatic rings. The SMILES string of the molecule is CCOC1=NNC(=O)/C1=C/c1cc([N+](=O)[O-])c[nH]1. The average molecular weight is 250 g/mol. The normalized spacial score (nSPS) is 16.6. The third-order valence-corrected chi connectivity index (χ3v) is 2.22. The van der Waals surface area contributed by atoms with Crippen LogP contribution >= 0.6 is 0 Å². The largest absolute Gasteiger partial charge is 0.476 e. The molecular formula is C10H10N4O4. The summed E-state index contributed by atoms with van der Waals surface area (Å²) in [6, 6.07) is 1.32. The zero-order chi connectivity index (χ0) is 13.1. The van der Waals surface area contributed by atoms with Gasteiger partial charge in [0.2, 0.25) is 5.90 Å². The summed E-state index contributed by atoms with van der Waals surface area (Å²) in [6.07, 6.45) is 2.70. The molecule has 0 atom stereocenters. The van der Waals surface area contributed by atoms with Crippen molar-refractivity contribution in [3.63, 3.8) is 0 Å². The maximum atomic E-state index is 11.5. The van der Waals surface area contributed by atoms with Crippen LogP contribution in [0.3, 0.4) is 0 Å². The van der Waals surface area contributed by atoms with E-state index < -0.39 is 10.8 Å². The predicted molar refractivity (Wildman–Crippen MR) is 62.6 cm³/mol. The lowest BCUT2D eigenvalue weighted by Gasteiger charge is -2.00. The average Bonchev–Trinajstić information content (AvgIpc) is 2.91. The fourth-order valence-corrected chi connectivity index (χ4v) is 1.44. The van der Waals surface area contributed by atoms with Crippen LogP contribution in [-0.2, 0) is 9.53 Å². The Morgan fingerprint density at radius 3 is 3.00 bits per heavy atom. The smallest absolute Gasteiger partial charge is 0.287 e. The van der Waals surface area contributed by atoms with Crippen molar-refractivity contribution in [2.24, 2.45) is 5.10 Å². The molecule has 0 bridgehead atoms. The molecule has 0 saturated heterocycles. The highest BCUT2D eigenvalue weighted by Gasteiger charge is 2.24. The van der Waals surface area contributed by atoms with Crippen molar-refractivity contribution in [2.75, 3.05) is 6.61 Å². The fourth-order valence-electron chi connectivity index (χ4n) is 1.44. The second-order valence-electron chi connectivity index (χ2n) is 3.42. The Kier molecular flexibility index (Phi) is 3.09. The Balaban J connectivity index is 2.27. The van der Waals surface area contributed by atoms with Crippen LogP contribution in [0.5, 0.6) is 0 Å². The second kappa shape index (κ2) is 4.70. The van der Waals surface area contributed by atoms with E-state index >= 15 is 0 Å². The number of nitro groups is 1. The standard InChI is InChI=1S/C10H10N4O4/c1-2-18-10-8(9(15)12-13-10)4-6-3-7(5-11-6)14(16)17/h3-5,11H,2H2,1H3,(H,12,15)/b8-4-. The number of amides is 1. The van der Waals surface area contributed by atoms with E-state index in [2.05, 4.69) is 15.5 Å². The van der Waals surface area contributed by atoms with E-state index in [0.29, 0.717) is 12.3 Å². The summed E-state index contributed by atoms with van der Waals surface area (Å²) in [7, 11) is 0. The van der Waals surface area contributed by atoms with E-state index in [4.69, 9.17) is 4.74 Å². The van der Waals surface area contributed by atoms with Crippen molar-refractivity contribution in [2.45, 2.75) is 6.92 Å². The first-order valence-electron chi connectivity index (χ1n) is 5.17. The van der Waals surface area contributed by atoms with Gasteiger partial charge in [-0.15, -0.1) is 5.10 Å². The van der Waals surface area contributed by atoms with Gasteiger partial charge in [-0.25, -0.2) is 5.43 Å². The summed E-state index contributed by atoms with van der Waals surface area (Å²) in [5.41, 5.74) is 2.85. The monoisotopic (exact) mass is 250 g/mol. The third kappa shape index (κ3) is 2.21. The van der Waals surface area contributed by atoms with Gasteiger partial charge >= 0.3 is 0 Å². The molecule has 18 heavy (non-hydrogen) atoms. The number of rotatable bonds is 3. The zero-order valence-electron chi connectivity index (χ0n) is 9.47. The number of nitrogens with zero attached hydrogens (tertiary/aromatic N) is 2. The van der Waals surface area contributed by atoms with Crippen molar-refractivity contribution >= 4 is 23.6 Å². The van der Waals surface area contributed by atoms with Crippen LogP contribution in [0.15, 0.2) is 22.9 Å². The summed E-state index contributed by atoms with van der Waals surface area (Å²) in [6.45, 7) is 2.14. The molecule has 1 amide bonds. The van der Waals surface area contributed by atoms with Gasteiger partial charge in [-0.05, 0) is 13.0 Å². The van der Waals surface area contributed by atoms with Crippen molar-refractivity contribution in [1.29, 1.82) is 0 Å². The summed E-state index contributed by atoms with van der Waals surface area (Å²) < 4.78 is 5.16. The number of hydrogen-bond donors (Lipinski definition) is 2. The van der Waals surface area contributed by atoms with Gasteiger partial charge in [0, 0.05) is 11.8 Å². The number of aromatic nitrogens is 1. The van der Waals surface area contributed by atoms with Crippen LogP contribution in [-0.4, -0.2) is 28.3 Å².